The number of hydrogen-bond donors (Lipinski definition) is 2. The van der Waals surface area contributed by atoms with Crippen LogP contribution >= 0.6 is 11.8 Å². The van der Waals surface area contributed by atoms with E-state index in [0.29, 0.717) is 13.1 Å². The Labute approximate surface area is 120 Å². The molecule has 2 heterocycles. The third kappa shape index (κ3) is 2.23. The number of fused-ring (bicyclic) bond motifs is 1. The first kappa shape index (κ1) is 13.3. The molecule has 106 valence electrons. The van der Waals surface area contributed by atoms with E-state index in [2.05, 4.69) is 5.32 Å². The Hall–Kier alpha value is -1.73. The predicted molar refractivity (Wildman–Crippen MR) is 77.1 cm³/mol. The van der Waals surface area contributed by atoms with Gasteiger partial charge in [-0.1, -0.05) is 0 Å². The SMILES string of the molecule is CC1Sc2cc(N3CC(CN)OC3=O)ccc2NC1=O. The van der Waals surface area contributed by atoms with E-state index in [-0.39, 0.29) is 23.4 Å². The van der Waals surface area contributed by atoms with Crippen molar-refractivity contribution in [3.8, 4) is 0 Å². The molecule has 6 nitrogen and oxygen atoms in total. The van der Waals surface area contributed by atoms with Crippen molar-refractivity contribution in [3.63, 3.8) is 0 Å². The van der Waals surface area contributed by atoms with E-state index in [0.717, 1.165) is 16.3 Å². The van der Waals surface area contributed by atoms with Gasteiger partial charge in [0.1, 0.15) is 6.10 Å². The zero-order valence-corrected chi connectivity index (χ0v) is 11.8. The number of thioether (sulfide) groups is 1. The topological polar surface area (TPSA) is 84.7 Å². The minimum Gasteiger partial charge on any atom is -0.443 e. The molecular weight excluding hydrogens is 278 g/mol. The first-order chi connectivity index (χ1) is 9.58. The lowest BCUT2D eigenvalue weighted by Gasteiger charge is -2.23. The summed E-state index contributed by atoms with van der Waals surface area (Å²) in [7, 11) is 0. The summed E-state index contributed by atoms with van der Waals surface area (Å²) >= 11 is 1.49. The second-order valence-electron chi connectivity index (χ2n) is 4.78. The third-order valence-electron chi connectivity index (χ3n) is 3.34. The number of nitrogens with zero attached hydrogens (tertiary/aromatic N) is 1. The molecule has 1 aromatic rings. The number of nitrogens with one attached hydrogen (secondary N) is 1. The summed E-state index contributed by atoms with van der Waals surface area (Å²) < 4.78 is 5.15. The van der Waals surface area contributed by atoms with Crippen molar-refractivity contribution in [2.45, 2.75) is 23.2 Å². The van der Waals surface area contributed by atoms with Crippen LogP contribution in [0, 0.1) is 0 Å². The van der Waals surface area contributed by atoms with E-state index in [1.54, 1.807) is 11.0 Å². The fourth-order valence-electron chi connectivity index (χ4n) is 2.21. The van der Waals surface area contributed by atoms with Crippen LogP contribution in [0.3, 0.4) is 0 Å². The van der Waals surface area contributed by atoms with E-state index >= 15 is 0 Å². The molecule has 2 aliphatic heterocycles. The van der Waals surface area contributed by atoms with Gasteiger partial charge in [-0.15, -0.1) is 11.8 Å². The molecule has 1 fully saturated rings. The Morgan fingerprint density at radius 2 is 2.30 bits per heavy atom. The highest BCUT2D eigenvalue weighted by Gasteiger charge is 2.32. The molecule has 0 bridgehead atoms. The number of benzene rings is 1. The molecule has 0 aromatic heterocycles. The second kappa shape index (κ2) is 4.99. The second-order valence-corrected chi connectivity index (χ2v) is 6.16. The van der Waals surface area contributed by atoms with Crippen molar-refractivity contribution in [1.29, 1.82) is 0 Å². The summed E-state index contributed by atoms with van der Waals surface area (Å²) in [6, 6.07) is 5.51. The van der Waals surface area contributed by atoms with Crippen molar-refractivity contribution >= 4 is 35.1 Å². The smallest absolute Gasteiger partial charge is 0.414 e. The van der Waals surface area contributed by atoms with Crippen LogP contribution in [-0.2, 0) is 9.53 Å². The molecule has 20 heavy (non-hydrogen) atoms. The fourth-order valence-corrected chi connectivity index (χ4v) is 3.19. The summed E-state index contributed by atoms with van der Waals surface area (Å²) in [4.78, 5) is 25.9. The first-order valence-corrected chi connectivity index (χ1v) is 7.26. The molecule has 1 aromatic carbocycles. The van der Waals surface area contributed by atoms with Gasteiger partial charge < -0.3 is 15.8 Å². The van der Waals surface area contributed by atoms with Gasteiger partial charge in [0.15, 0.2) is 0 Å². The maximum atomic E-state index is 11.8. The molecule has 2 aliphatic rings. The van der Waals surface area contributed by atoms with Gasteiger partial charge in [0.2, 0.25) is 5.91 Å². The zero-order valence-electron chi connectivity index (χ0n) is 11.0. The Kier molecular flexibility index (Phi) is 3.31. The van der Waals surface area contributed by atoms with Crippen molar-refractivity contribution in [2.75, 3.05) is 23.3 Å². The van der Waals surface area contributed by atoms with Crippen LogP contribution in [0.4, 0.5) is 16.2 Å². The summed E-state index contributed by atoms with van der Waals surface area (Å²) in [6.45, 7) is 2.62. The van der Waals surface area contributed by atoms with Gasteiger partial charge in [-0.25, -0.2) is 4.79 Å². The Bertz CT molecular complexity index is 578. The summed E-state index contributed by atoms with van der Waals surface area (Å²) in [5.74, 6) is -0.000900. The van der Waals surface area contributed by atoms with Gasteiger partial charge in [0.25, 0.3) is 0 Å². The predicted octanol–water partition coefficient (Wildman–Crippen LogP) is 1.40. The largest absolute Gasteiger partial charge is 0.443 e. The van der Waals surface area contributed by atoms with E-state index in [4.69, 9.17) is 10.5 Å². The molecule has 0 spiro atoms. The number of hydrogen-bond acceptors (Lipinski definition) is 5. The summed E-state index contributed by atoms with van der Waals surface area (Å²) in [6.07, 6.45) is -0.636. The highest BCUT2D eigenvalue weighted by Crippen LogP contribution is 2.38. The van der Waals surface area contributed by atoms with Crippen molar-refractivity contribution in [3.05, 3.63) is 18.2 Å². The van der Waals surface area contributed by atoms with Gasteiger partial charge >= 0.3 is 6.09 Å². The quantitative estimate of drug-likeness (QED) is 0.861. The Morgan fingerprint density at radius 1 is 1.50 bits per heavy atom. The number of carbonyl (C=O) groups excluding carboxylic acids is 2. The van der Waals surface area contributed by atoms with Gasteiger partial charge in [0, 0.05) is 17.1 Å². The molecule has 2 unspecified atom stereocenters. The van der Waals surface area contributed by atoms with E-state index in [9.17, 15) is 9.59 Å². The maximum Gasteiger partial charge on any atom is 0.414 e. The number of rotatable bonds is 2. The number of cyclic esters (lactones) is 1. The third-order valence-corrected chi connectivity index (χ3v) is 4.50. The molecular formula is C13H15N3O3S. The highest BCUT2D eigenvalue weighted by atomic mass is 32.2. The zero-order chi connectivity index (χ0) is 14.3. The molecule has 0 radical (unpaired) electrons. The molecule has 2 amide bonds. The van der Waals surface area contributed by atoms with Crippen molar-refractivity contribution in [2.24, 2.45) is 5.73 Å². The average molecular weight is 293 g/mol. The van der Waals surface area contributed by atoms with Crippen LogP contribution in [-0.4, -0.2) is 36.4 Å². The van der Waals surface area contributed by atoms with E-state index in [1.807, 2.05) is 19.1 Å². The lowest BCUT2D eigenvalue weighted by molar-refractivity contribution is -0.115. The molecule has 1 saturated heterocycles. The van der Waals surface area contributed by atoms with E-state index < -0.39 is 0 Å². The van der Waals surface area contributed by atoms with Crippen LogP contribution in [0.5, 0.6) is 0 Å². The summed E-state index contributed by atoms with van der Waals surface area (Å²) in [5, 5.41) is 2.71. The van der Waals surface area contributed by atoms with Crippen LogP contribution in [0.2, 0.25) is 0 Å². The van der Waals surface area contributed by atoms with Crippen LogP contribution in [0.15, 0.2) is 23.1 Å². The molecule has 2 atom stereocenters. The standard InChI is InChI=1S/C13H15N3O3S/c1-7-12(17)15-10-3-2-8(4-11(10)20-7)16-6-9(5-14)19-13(16)18/h2-4,7,9H,5-6,14H2,1H3,(H,15,17). The van der Waals surface area contributed by atoms with Crippen molar-refractivity contribution in [1.82, 2.24) is 0 Å². The minimum atomic E-state index is -0.377. The Balaban J connectivity index is 1.88. The van der Waals surface area contributed by atoms with Gasteiger partial charge in [-0.05, 0) is 25.1 Å². The average Bonchev–Trinajstić information content (AvgIpc) is 2.81. The molecule has 0 aliphatic carbocycles. The molecule has 3 N–H and O–H groups in total. The van der Waals surface area contributed by atoms with Crippen LogP contribution in [0.1, 0.15) is 6.92 Å². The van der Waals surface area contributed by atoms with Crippen LogP contribution < -0.4 is 16.0 Å². The fraction of sp³-hybridized carbons (Fsp3) is 0.385. The number of amides is 2. The Morgan fingerprint density at radius 3 is 3.00 bits per heavy atom. The highest BCUT2D eigenvalue weighted by molar-refractivity contribution is 8.01. The minimum absolute atomic E-state index is 0.000900. The molecule has 7 heteroatoms. The van der Waals surface area contributed by atoms with E-state index in [1.165, 1.54) is 11.8 Å². The first-order valence-electron chi connectivity index (χ1n) is 6.38. The van der Waals surface area contributed by atoms with Gasteiger partial charge in [-0.3, -0.25) is 9.69 Å². The number of anilines is 2. The number of ether oxygens (including phenoxy) is 1. The summed E-state index contributed by atoms with van der Waals surface area (Å²) in [5.41, 5.74) is 7.07. The van der Waals surface area contributed by atoms with Crippen molar-refractivity contribution < 1.29 is 14.3 Å². The lowest BCUT2D eigenvalue weighted by Crippen LogP contribution is -2.28. The normalized spacial score (nSPS) is 25.2. The van der Waals surface area contributed by atoms with Crippen LogP contribution in [0.25, 0.3) is 0 Å². The van der Waals surface area contributed by atoms with Gasteiger partial charge in [-0.2, -0.15) is 0 Å². The molecule has 3 rings (SSSR count). The maximum absolute atomic E-state index is 11.8. The number of carbonyl (C=O) groups is 2. The lowest BCUT2D eigenvalue weighted by atomic mass is 10.2. The monoisotopic (exact) mass is 293 g/mol. The van der Waals surface area contributed by atoms with Gasteiger partial charge in [0.05, 0.1) is 17.5 Å². The number of nitrogens with two attached hydrogens (primary N) is 1. The molecule has 0 saturated carbocycles.